The molecule has 1 heterocycles. The number of nitriles is 1. The molecule has 4 nitrogen and oxygen atoms in total. The second-order valence-corrected chi connectivity index (χ2v) is 3.70. The zero-order valence-electron chi connectivity index (χ0n) is 9.44. The fraction of sp³-hybridized carbons (Fsp3) is 0.0833. The average molecular weight is 264 g/mol. The highest BCUT2D eigenvalue weighted by Crippen LogP contribution is 2.34. The van der Waals surface area contributed by atoms with Gasteiger partial charge in [0.05, 0.1) is 11.3 Å². The van der Waals surface area contributed by atoms with Crippen LogP contribution in [0, 0.1) is 11.3 Å². The SMILES string of the molecule is N#Cc1cc(-c2cc(C(F)(F)F)ccc2N)ncn1. The van der Waals surface area contributed by atoms with E-state index in [4.69, 9.17) is 11.0 Å². The minimum atomic E-state index is -4.46. The van der Waals surface area contributed by atoms with Crippen LogP contribution >= 0.6 is 0 Å². The van der Waals surface area contributed by atoms with Gasteiger partial charge in [-0.25, -0.2) is 9.97 Å². The highest BCUT2D eigenvalue weighted by atomic mass is 19.4. The summed E-state index contributed by atoms with van der Waals surface area (Å²) in [7, 11) is 0. The number of aromatic nitrogens is 2. The van der Waals surface area contributed by atoms with Gasteiger partial charge in [0, 0.05) is 17.3 Å². The molecule has 7 heteroatoms. The molecule has 0 atom stereocenters. The van der Waals surface area contributed by atoms with Crippen LogP contribution in [0.3, 0.4) is 0 Å². The van der Waals surface area contributed by atoms with Gasteiger partial charge in [-0.3, -0.25) is 0 Å². The molecule has 1 aromatic carbocycles. The molecule has 0 aliphatic carbocycles. The summed E-state index contributed by atoms with van der Waals surface area (Å²) in [5.41, 5.74) is 5.32. The Labute approximate surface area is 106 Å². The second kappa shape index (κ2) is 4.57. The maximum atomic E-state index is 12.6. The fourth-order valence-corrected chi connectivity index (χ4v) is 1.52. The number of alkyl halides is 3. The van der Waals surface area contributed by atoms with Crippen LogP contribution in [0.4, 0.5) is 18.9 Å². The van der Waals surface area contributed by atoms with Crippen LogP contribution in [0.15, 0.2) is 30.6 Å². The molecule has 1 aromatic heterocycles. The van der Waals surface area contributed by atoms with Crippen molar-refractivity contribution in [2.24, 2.45) is 0 Å². The summed E-state index contributed by atoms with van der Waals surface area (Å²) in [5.74, 6) is 0. The Morgan fingerprint density at radius 2 is 1.89 bits per heavy atom. The Balaban J connectivity index is 2.58. The van der Waals surface area contributed by atoms with E-state index in [1.54, 1.807) is 6.07 Å². The van der Waals surface area contributed by atoms with Gasteiger partial charge in [0.15, 0.2) is 0 Å². The molecule has 0 saturated carbocycles. The summed E-state index contributed by atoms with van der Waals surface area (Å²) < 4.78 is 37.9. The molecule has 2 rings (SSSR count). The zero-order chi connectivity index (χ0) is 14.0. The molecule has 0 fully saturated rings. The van der Waals surface area contributed by atoms with Crippen LogP contribution < -0.4 is 5.73 Å². The van der Waals surface area contributed by atoms with Crippen molar-refractivity contribution in [1.29, 1.82) is 5.26 Å². The molecular formula is C12H7F3N4. The molecule has 0 amide bonds. The molecule has 0 bridgehead atoms. The van der Waals surface area contributed by atoms with Gasteiger partial charge in [0.25, 0.3) is 0 Å². The molecule has 0 aliphatic heterocycles. The van der Waals surface area contributed by atoms with E-state index in [9.17, 15) is 13.2 Å². The number of nitrogen functional groups attached to an aromatic ring is 1. The van der Waals surface area contributed by atoms with Gasteiger partial charge in [-0.1, -0.05) is 0 Å². The van der Waals surface area contributed by atoms with Crippen LogP contribution in [0.5, 0.6) is 0 Å². The summed E-state index contributed by atoms with van der Waals surface area (Å²) in [4.78, 5) is 7.48. The van der Waals surface area contributed by atoms with Crippen molar-refractivity contribution in [2.45, 2.75) is 6.18 Å². The smallest absolute Gasteiger partial charge is 0.398 e. The maximum absolute atomic E-state index is 12.6. The van der Waals surface area contributed by atoms with Crippen molar-refractivity contribution in [3.05, 3.63) is 41.9 Å². The number of halogens is 3. The molecule has 96 valence electrons. The molecule has 0 spiro atoms. The van der Waals surface area contributed by atoms with Crippen LogP contribution in [0.1, 0.15) is 11.3 Å². The number of hydrogen-bond acceptors (Lipinski definition) is 4. The summed E-state index contributed by atoms with van der Waals surface area (Å²) in [5, 5.41) is 8.71. The first-order valence-electron chi connectivity index (χ1n) is 5.11. The highest BCUT2D eigenvalue weighted by Gasteiger charge is 2.31. The average Bonchev–Trinajstić information content (AvgIpc) is 2.38. The van der Waals surface area contributed by atoms with Crippen molar-refractivity contribution >= 4 is 5.69 Å². The van der Waals surface area contributed by atoms with E-state index >= 15 is 0 Å². The van der Waals surface area contributed by atoms with Gasteiger partial charge in [-0.05, 0) is 18.2 Å². The van der Waals surface area contributed by atoms with Crippen LogP contribution in [0.2, 0.25) is 0 Å². The van der Waals surface area contributed by atoms with Crippen LogP contribution in [0.25, 0.3) is 11.3 Å². The molecule has 0 unspecified atom stereocenters. The summed E-state index contributed by atoms with van der Waals surface area (Å²) in [6.07, 6.45) is -3.36. The van der Waals surface area contributed by atoms with Crippen LogP contribution in [-0.4, -0.2) is 9.97 Å². The number of nitrogens with two attached hydrogens (primary N) is 1. The minimum absolute atomic E-state index is 0.0572. The second-order valence-electron chi connectivity index (χ2n) is 3.70. The van der Waals surface area contributed by atoms with Gasteiger partial charge in [0.2, 0.25) is 0 Å². The van der Waals surface area contributed by atoms with Crippen molar-refractivity contribution in [3.8, 4) is 17.3 Å². The first-order valence-corrected chi connectivity index (χ1v) is 5.11. The van der Waals surface area contributed by atoms with Crippen molar-refractivity contribution < 1.29 is 13.2 Å². The van der Waals surface area contributed by atoms with Crippen molar-refractivity contribution in [1.82, 2.24) is 9.97 Å². The van der Waals surface area contributed by atoms with E-state index in [1.165, 1.54) is 6.07 Å². The van der Waals surface area contributed by atoms with Gasteiger partial charge < -0.3 is 5.73 Å². The summed E-state index contributed by atoms with van der Waals surface area (Å²) in [6.45, 7) is 0. The summed E-state index contributed by atoms with van der Waals surface area (Å²) in [6, 6.07) is 6.03. The quantitative estimate of drug-likeness (QED) is 0.803. The Hall–Kier alpha value is -2.62. The van der Waals surface area contributed by atoms with E-state index in [-0.39, 0.29) is 22.6 Å². The lowest BCUT2D eigenvalue weighted by Gasteiger charge is -2.10. The molecule has 0 radical (unpaired) electrons. The first kappa shape index (κ1) is 12.8. The molecule has 19 heavy (non-hydrogen) atoms. The van der Waals surface area contributed by atoms with E-state index in [0.29, 0.717) is 0 Å². The van der Waals surface area contributed by atoms with E-state index in [1.807, 2.05) is 0 Å². The Bertz CT molecular complexity index is 659. The van der Waals surface area contributed by atoms with E-state index in [2.05, 4.69) is 9.97 Å². The van der Waals surface area contributed by atoms with E-state index in [0.717, 1.165) is 24.5 Å². The standard InChI is InChI=1S/C12H7F3N4/c13-12(14,15)7-1-2-10(17)9(3-7)11-4-8(5-16)18-6-19-11/h1-4,6H,17H2. The number of anilines is 1. The minimum Gasteiger partial charge on any atom is -0.398 e. The van der Waals surface area contributed by atoms with Gasteiger partial charge >= 0.3 is 6.18 Å². The third-order valence-electron chi connectivity index (χ3n) is 2.44. The normalized spacial score (nSPS) is 11.1. The number of hydrogen-bond donors (Lipinski definition) is 1. The van der Waals surface area contributed by atoms with Gasteiger partial charge in [0.1, 0.15) is 18.1 Å². The van der Waals surface area contributed by atoms with Gasteiger partial charge in [-0.2, -0.15) is 18.4 Å². The third kappa shape index (κ3) is 2.63. The topological polar surface area (TPSA) is 75.6 Å². The largest absolute Gasteiger partial charge is 0.416 e. The first-order chi connectivity index (χ1) is 8.91. The Morgan fingerprint density at radius 3 is 2.53 bits per heavy atom. The van der Waals surface area contributed by atoms with Crippen molar-refractivity contribution in [2.75, 3.05) is 5.73 Å². The molecule has 0 aliphatic rings. The van der Waals surface area contributed by atoms with Crippen molar-refractivity contribution in [3.63, 3.8) is 0 Å². The Kier molecular flexibility index (Phi) is 3.09. The lowest BCUT2D eigenvalue weighted by molar-refractivity contribution is -0.137. The fourth-order valence-electron chi connectivity index (χ4n) is 1.52. The zero-order valence-corrected chi connectivity index (χ0v) is 9.44. The number of nitrogens with zero attached hydrogens (tertiary/aromatic N) is 3. The predicted molar refractivity (Wildman–Crippen MR) is 61.6 cm³/mol. The molecular weight excluding hydrogens is 257 g/mol. The summed E-state index contributed by atoms with van der Waals surface area (Å²) >= 11 is 0. The maximum Gasteiger partial charge on any atom is 0.416 e. The van der Waals surface area contributed by atoms with Crippen LogP contribution in [-0.2, 0) is 6.18 Å². The highest BCUT2D eigenvalue weighted by molar-refractivity contribution is 5.74. The molecule has 2 aromatic rings. The monoisotopic (exact) mass is 264 g/mol. The number of benzene rings is 1. The number of rotatable bonds is 1. The van der Waals surface area contributed by atoms with E-state index < -0.39 is 11.7 Å². The molecule has 2 N–H and O–H groups in total. The predicted octanol–water partition coefficient (Wildman–Crippen LogP) is 2.62. The van der Waals surface area contributed by atoms with Gasteiger partial charge in [-0.15, -0.1) is 0 Å². The lowest BCUT2D eigenvalue weighted by Crippen LogP contribution is -2.06. The lowest BCUT2D eigenvalue weighted by atomic mass is 10.0. The molecule has 0 saturated heterocycles. The third-order valence-corrected chi connectivity index (χ3v) is 2.44. The Morgan fingerprint density at radius 1 is 1.16 bits per heavy atom.